The van der Waals surface area contributed by atoms with Crippen LogP contribution in [-0.4, -0.2) is 21.6 Å². The monoisotopic (exact) mass is 310 g/mol. The van der Waals surface area contributed by atoms with Gasteiger partial charge >= 0.3 is 0 Å². The van der Waals surface area contributed by atoms with Gasteiger partial charge in [0.1, 0.15) is 0 Å². The fourth-order valence-electron chi connectivity index (χ4n) is 2.05. The van der Waals surface area contributed by atoms with Crippen molar-refractivity contribution in [3.8, 4) is 5.69 Å². The molecule has 0 unspecified atom stereocenters. The first-order valence-corrected chi connectivity index (χ1v) is 8.38. The van der Waals surface area contributed by atoms with E-state index in [1.807, 2.05) is 18.4 Å². The third-order valence-electron chi connectivity index (χ3n) is 2.93. The molecule has 0 amide bonds. The second-order valence-electron chi connectivity index (χ2n) is 4.09. The van der Waals surface area contributed by atoms with E-state index in [-0.39, 0.29) is 5.56 Å². The van der Waals surface area contributed by atoms with Crippen molar-refractivity contribution < 1.29 is 0 Å². The Kier molecular flexibility index (Phi) is 3.60. The number of aryl methyl sites for hydroxylation is 1. The van der Waals surface area contributed by atoms with E-state index in [9.17, 15) is 4.79 Å². The van der Waals surface area contributed by atoms with Crippen LogP contribution in [0.2, 0.25) is 5.02 Å². The number of nitrogens with zero attached hydrogens (tertiary/aromatic N) is 2. The topological polar surface area (TPSA) is 34.9 Å². The summed E-state index contributed by atoms with van der Waals surface area (Å²) in [7, 11) is 0. The average Bonchev–Trinajstić information content (AvgIpc) is 2.88. The third kappa shape index (κ3) is 2.30. The van der Waals surface area contributed by atoms with E-state index in [1.165, 1.54) is 11.8 Å². The maximum absolute atomic E-state index is 12.6. The normalized spacial score (nSPS) is 13.6. The predicted octanol–water partition coefficient (Wildman–Crippen LogP) is 3.26. The first-order chi connectivity index (χ1) is 9.20. The highest BCUT2D eigenvalue weighted by molar-refractivity contribution is 7.99. The van der Waals surface area contributed by atoms with Crippen molar-refractivity contribution in [1.82, 2.24) is 9.55 Å². The number of aromatic nitrogens is 2. The van der Waals surface area contributed by atoms with E-state index in [0.717, 1.165) is 33.6 Å². The van der Waals surface area contributed by atoms with Gasteiger partial charge in [-0.05, 0) is 30.5 Å². The number of rotatable bonds is 2. The van der Waals surface area contributed by atoms with Gasteiger partial charge in [-0.1, -0.05) is 23.4 Å². The summed E-state index contributed by atoms with van der Waals surface area (Å²) in [6.07, 6.45) is 2.81. The molecule has 1 aromatic carbocycles. The van der Waals surface area contributed by atoms with E-state index in [0.29, 0.717) is 5.02 Å². The Hall–Kier alpha value is -0.910. The first kappa shape index (κ1) is 13.1. The zero-order chi connectivity index (χ0) is 13.4. The molecule has 0 fully saturated rings. The van der Waals surface area contributed by atoms with Crippen LogP contribution in [0.3, 0.4) is 0 Å². The number of hydrogen-bond donors (Lipinski definition) is 0. The molecule has 3 nitrogen and oxygen atoms in total. The number of benzene rings is 1. The molecule has 1 aromatic heterocycles. The Balaban J connectivity index is 2.25. The number of hydrogen-bond acceptors (Lipinski definition) is 4. The summed E-state index contributed by atoms with van der Waals surface area (Å²) in [5.74, 6) is 0.941. The van der Waals surface area contributed by atoms with Gasteiger partial charge in [0.2, 0.25) is 0 Å². The fraction of sp³-hybridized carbons (Fsp3) is 0.231. The van der Waals surface area contributed by atoms with E-state index < -0.39 is 0 Å². The van der Waals surface area contributed by atoms with Crippen LogP contribution < -0.4 is 5.56 Å². The zero-order valence-electron chi connectivity index (χ0n) is 10.2. The van der Waals surface area contributed by atoms with Crippen LogP contribution in [0.4, 0.5) is 0 Å². The van der Waals surface area contributed by atoms with Gasteiger partial charge in [0.15, 0.2) is 5.16 Å². The summed E-state index contributed by atoms with van der Waals surface area (Å²) in [4.78, 5) is 18.0. The summed E-state index contributed by atoms with van der Waals surface area (Å²) in [6.45, 7) is 0. The van der Waals surface area contributed by atoms with Gasteiger partial charge in [0.05, 0.1) is 16.3 Å². The lowest BCUT2D eigenvalue weighted by Gasteiger charge is -2.12. The highest BCUT2D eigenvalue weighted by atomic mass is 35.5. The van der Waals surface area contributed by atoms with Gasteiger partial charge in [0, 0.05) is 17.2 Å². The van der Waals surface area contributed by atoms with Crippen LogP contribution in [0, 0.1) is 0 Å². The molecule has 0 spiro atoms. The molecule has 0 bridgehead atoms. The molecule has 6 heteroatoms. The maximum atomic E-state index is 12.6. The van der Waals surface area contributed by atoms with Crippen molar-refractivity contribution in [2.45, 2.75) is 16.5 Å². The minimum atomic E-state index is 0.0270. The summed E-state index contributed by atoms with van der Waals surface area (Å²) in [6, 6.07) is 7.26. The van der Waals surface area contributed by atoms with Gasteiger partial charge in [0.25, 0.3) is 5.56 Å². The number of halogens is 1. The molecule has 0 saturated carbocycles. The molecule has 3 rings (SSSR count). The Labute approximate surface area is 124 Å². The summed E-state index contributed by atoms with van der Waals surface area (Å²) in [5, 5.41) is 1.39. The van der Waals surface area contributed by atoms with Crippen molar-refractivity contribution in [1.29, 1.82) is 0 Å². The molecular weight excluding hydrogens is 300 g/mol. The zero-order valence-corrected chi connectivity index (χ0v) is 12.6. The summed E-state index contributed by atoms with van der Waals surface area (Å²) in [5.41, 5.74) is 1.77. The molecule has 0 radical (unpaired) electrons. The minimum Gasteiger partial charge on any atom is -0.268 e. The molecular formula is C13H11ClN2OS2. The molecule has 0 aliphatic carbocycles. The molecule has 98 valence electrons. The SMILES string of the molecule is CSc1nc2c(c(=O)n1-c1ccc(Cl)cc1)SCC2. The third-order valence-corrected chi connectivity index (χ3v) is 4.93. The van der Waals surface area contributed by atoms with E-state index >= 15 is 0 Å². The fourth-order valence-corrected chi connectivity index (χ4v) is 3.77. The summed E-state index contributed by atoms with van der Waals surface area (Å²) >= 11 is 8.97. The molecule has 0 N–H and O–H groups in total. The van der Waals surface area contributed by atoms with Crippen LogP contribution in [-0.2, 0) is 6.42 Å². The van der Waals surface area contributed by atoms with Crippen LogP contribution in [0.1, 0.15) is 5.69 Å². The predicted molar refractivity (Wildman–Crippen MR) is 81.1 cm³/mol. The standard InChI is InChI=1S/C13H11ClN2OS2/c1-18-13-15-10-6-7-19-11(10)12(17)16(13)9-4-2-8(14)3-5-9/h2-5H,6-7H2,1H3. The smallest absolute Gasteiger partial charge is 0.268 e. The molecule has 19 heavy (non-hydrogen) atoms. The van der Waals surface area contributed by atoms with Crippen LogP contribution in [0.15, 0.2) is 39.1 Å². The highest BCUT2D eigenvalue weighted by Gasteiger charge is 2.21. The van der Waals surface area contributed by atoms with E-state index in [1.54, 1.807) is 28.5 Å². The lowest BCUT2D eigenvalue weighted by molar-refractivity contribution is 0.741. The van der Waals surface area contributed by atoms with Gasteiger partial charge in [-0.25, -0.2) is 4.98 Å². The van der Waals surface area contributed by atoms with Crippen LogP contribution in [0.5, 0.6) is 0 Å². The Bertz CT molecular complexity index is 682. The van der Waals surface area contributed by atoms with E-state index in [2.05, 4.69) is 4.98 Å². The molecule has 2 aromatic rings. The number of thioether (sulfide) groups is 2. The highest BCUT2D eigenvalue weighted by Crippen LogP contribution is 2.29. The Morgan fingerprint density at radius 1 is 1.37 bits per heavy atom. The molecule has 0 saturated heterocycles. The molecule has 1 aliphatic heterocycles. The number of fused-ring (bicyclic) bond motifs is 1. The van der Waals surface area contributed by atoms with Gasteiger partial charge in [-0.2, -0.15) is 0 Å². The lowest BCUT2D eigenvalue weighted by Crippen LogP contribution is -2.23. The van der Waals surface area contributed by atoms with Crippen molar-refractivity contribution in [2.75, 3.05) is 12.0 Å². The van der Waals surface area contributed by atoms with E-state index in [4.69, 9.17) is 11.6 Å². The minimum absolute atomic E-state index is 0.0270. The Morgan fingerprint density at radius 3 is 2.79 bits per heavy atom. The van der Waals surface area contributed by atoms with Gasteiger partial charge in [-0.3, -0.25) is 9.36 Å². The lowest BCUT2D eigenvalue weighted by atomic mass is 10.3. The average molecular weight is 311 g/mol. The second-order valence-corrected chi connectivity index (χ2v) is 6.40. The quantitative estimate of drug-likeness (QED) is 0.630. The molecule has 1 aliphatic rings. The molecule has 0 atom stereocenters. The largest absolute Gasteiger partial charge is 0.272 e. The van der Waals surface area contributed by atoms with Crippen LogP contribution in [0.25, 0.3) is 5.69 Å². The first-order valence-electron chi connectivity index (χ1n) is 5.79. The van der Waals surface area contributed by atoms with Gasteiger partial charge < -0.3 is 0 Å². The van der Waals surface area contributed by atoms with Crippen molar-refractivity contribution in [3.05, 3.63) is 45.3 Å². The van der Waals surface area contributed by atoms with Crippen molar-refractivity contribution in [2.24, 2.45) is 0 Å². The molecule has 2 heterocycles. The maximum Gasteiger partial charge on any atom is 0.272 e. The van der Waals surface area contributed by atoms with Crippen molar-refractivity contribution >= 4 is 35.1 Å². The van der Waals surface area contributed by atoms with Crippen LogP contribution >= 0.6 is 35.1 Å². The second kappa shape index (κ2) is 5.23. The van der Waals surface area contributed by atoms with Crippen molar-refractivity contribution in [3.63, 3.8) is 0 Å². The Morgan fingerprint density at radius 2 is 2.11 bits per heavy atom. The van der Waals surface area contributed by atoms with Gasteiger partial charge in [-0.15, -0.1) is 11.8 Å². The summed E-state index contributed by atoms with van der Waals surface area (Å²) < 4.78 is 1.66.